The molecule has 0 aliphatic rings. The van der Waals surface area contributed by atoms with Crippen molar-refractivity contribution in [2.45, 2.75) is 6.92 Å². The first-order valence-electron chi connectivity index (χ1n) is 5.80. The summed E-state index contributed by atoms with van der Waals surface area (Å²) in [4.78, 5) is 26.6. The lowest BCUT2D eigenvalue weighted by Crippen LogP contribution is -2.25. The largest absolute Gasteiger partial charge is 0.341 e. The van der Waals surface area contributed by atoms with Crippen LogP contribution in [-0.2, 0) is 9.63 Å². The van der Waals surface area contributed by atoms with Crippen LogP contribution < -0.4 is 5.48 Å². The van der Waals surface area contributed by atoms with Crippen molar-refractivity contribution in [3.8, 4) is 11.1 Å². The van der Waals surface area contributed by atoms with E-state index in [9.17, 15) is 9.59 Å². The van der Waals surface area contributed by atoms with Crippen molar-refractivity contribution in [1.29, 1.82) is 0 Å². The van der Waals surface area contributed by atoms with Gasteiger partial charge in [0, 0.05) is 12.5 Å². The fourth-order valence-electron chi connectivity index (χ4n) is 1.62. The van der Waals surface area contributed by atoms with Gasteiger partial charge in [-0.15, -0.1) is 0 Å². The topological polar surface area (TPSA) is 55.4 Å². The predicted molar refractivity (Wildman–Crippen MR) is 71.1 cm³/mol. The fraction of sp³-hybridized carbons (Fsp3) is 0.0667. The van der Waals surface area contributed by atoms with E-state index in [-0.39, 0.29) is 0 Å². The van der Waals surface area contributed by atoms with Crippen LogP contribution in [0.3, 0.4) is 0 Å². The molecule has 0 saturated heterocycles. The highest BCUT2D eigenvalue weighted by atomic mass is 16.7. The van der Waals surface area contributed by atoms with E-state index in [1.807, 2.05) is 42.5 Å². The summed E-state index contributed by atoms with van der Waals surface area (Å²) in [5.41, 5.74) is 4.60. The Labute approximate surface area is 111 Å². The third-order valence-electron chi connectivity index (χ3n) is 2.54. The third-order valence-corrected chi connectivity index (χ3v) is 2.54. The zero-order valence-corrected chi connectivity index (χ0v) is 10.4. The number of carbonyl (C=O) groups excluding carboxylic acids is 2. The summed E-state index contributed by atoms with van der Waals surface area (Å²) in [5.74, 6) is -1.01. The molecule has 1 amide bonds. The van der Waals surface area contributed by atoms with Crippen LogP contribution in [-0.4, -0.2) is 11.9 Å². The summed E-state index contributed by atoms with van der Waals surface area (Å²) in [5, 5.41) is 0. The third kappa shape index (κ3) is 3.42. The number of hydrogen-bond acceptors (Lipinski definition) is 3. The van der Waals surface area contributed by atoms with Crippen LogP contribution in [0.25, 0.3) is 11.1 Å². The minimum atomic E-state index is -0.561. The molecule has 0 radical (unpaired) electrons. The first kappa shape index (κ1) is 12.8. The Morgan fingerprint density at radius 2 is 1.47 bits per heavy atom. The Kier molecular flexibility index (Phi) is 3.93. The Morgan fingerprint density at radius 3 is 2.05 bits per heavy atom. The molecular formula is C15H13NO3. The molecule has 2 aromatic rings. The van der Waals surface area contributed by atoms with Gasteiger partial charge in [0.15, 0.2) is 0 Å². The normalized spacial score (nSPS) is 9.74. The van der Waals surface area contributed by atoms with Crippen LogP contribution in [0.5, 0.6) is 0 Å². The van der Waals surface area contributed by atoms with Gasteiger partial charge >= 0.3 is 5.97 Å². The van der Waals surface area contributed by atoms with Gasteiger partial charge in [0.25, 0.3) is 5.91 Å². The molecule has 0 atom stereocenters. The maximum atomic E-state index is 11.6. The smallest absolute Gasteiger partial charge is 0.329 e. The summed E-state index contributed by atoms with van der Waals surface area (Å²) in [7, 11) is 0. The molecule has 0 saturated carbocycles. The van der Waals surface area contributed by atoms with Gasteiger partial charge in [-0.2, -0.15) is 5.48 Å². The maximum absolute atomic E-state index is 11.6. The van der Waals surface area contributed by atoms with Crippen LogP contribution in [0.1, 0.15) is 17.3 Å². The number of rotatable bonds is 2. The molecule has 0 spiro atoms. The van der Waals surface area contributed by atoms with Gasteiger partial charge < -0.3 is 4.84 Å². The number of nitrogens with one attached hydrogen (secondary N) is 1. The lowest BCUT2D eigenvalue weighted by Gasteiger charge is -2.05. The molecule has 1 N–H and O–H groups in total. The maximum Gasteiger partial charge on any atom is 0.329 e. The van der Waals surface area contributed by atoms with E-state index < -0.39 is 11.9 Å². The van der Waals surface area contributed by atoms with Gasteiger partial charge in [-0.1, -0.05) is 42.5 Å². The lowest BCUT2D eigenvalue weighted by molar-refractivity contribution is -0.146. The first-order chi connectivity index (χ1) is 9.16. The lowest BCUT2D eigenvalue weighted by atomic mass is 10.0. The summed E-state index contributed by atoms with van der Waals surface area (Å²) in [6.07, 6.45) is 0. The molecule has 4 heteroatoms. The van der Waals surface area contributed by atoms with Crippen LogP contribution in [0, 0.1) is 0 Å². The molecule has 0 aliphatic heterocycles. The second-order valence-corrected chi connectivity index (χ2v) is 3.97. The zero-order chi connectivity index (χ0) is 13.7. The monoisotopic (exact) mass is 255 g/mol. The van der Waals surface area contributed by atoms with Crippen molar-refractivity contribution < 1.29 is 14.4 Å². The number of hydroxylamine groups is 1. The number of amides is 1. The molecule has 19 heavy (non-hydrogen) atoms. The number of hydrogen-bond donors (Lipinski definition) is 1. The molecule has 0 fully saturated rings. The Hall–Kier alpha value is -2.62. The van der Waals surface area contributed by atoms with Gasteiger partial charge in [0.1, 0.15) is 0 Å². The minimum Gasteiger partial charge on any atom is -0.341 e. The van der Waals surface area contributed by atoms with Gasteiger partial charge in [-0.05, 0) is 23.3 Å². The summed E-state index contributed by atoms with van der Waals surface area (Å²) < 4.78 is 0. The zero-order valence-electron chi connectivity index (χ0n) is 10.4. The molecule has 0 bridgehead atoms. The molecule has 96 valence electrons. The minimum absolute atomic E-state index is 0.431. The average molecular weight is 255 g/mol. The van der Waals surface area contributed by atoms with E-state index in [1.165, 1.54) is 6.92 Å². The molecule has 0 aliphatic carbocycles. The number of benzene rings is 2. The first-order valence-corrected chi connectivity index (χ1v) is 5.80. The van der Waals surface area contributed by atoms with Crippen LogP contribution in [0.4, 0.5) is 0 Å². The molecule has 2 rings (SSSR count). The Morgan fingerprint density at radius 1 is 0.895 bits per heavy atom. The molecular weight excluding hydrogens is 242 g/mol. The average Bonchev–Trinajstić information content (AvgIpc) is 2.46. The highest BCUT2D eigenvalue weighted by molar-refractivity contribution is 5.94. The highest BCUT2D eigenvalue weighted by Gasteiger charge is 2.06. The van der Waals surface area contributed by atoms with Crippen LogP contribution >= 0.6 is 0 Å². The van der Waals surface area contributed by atoms with E-state index >= 15 is 0 Å². The van der Waals surface area contributed by atoms with E-state index in [2.05, 4.69) is 10.3 Å². The van der Waals surface area contributed by atoms with E-state index in [1.54, 1.807) is 12.1 Å². The second kappa shape index (κ2) is 5.82. The van der Waals surface area contributed by atoms with Gasteiger partial charge in [0.2, 0.25) is 0 Å². The van der Waals surface area contributed by atoms with Gasteiger partial charge in [-0.3, -0.25) is 9.59 Å². The Balaban J connectivity index is 2.10. The highest BCUT2D eigenvalue weighted by Crippen LogP contribution is 2.19. The molecule has 4 nitrogen and oxygen atoms in total. The van der Waals surface area contributed by atoms with E-state index in [0.29, 0.717) is 5.56 Å². The fourth-order valence-corrected chi connectivity index (χ4v) is 1.62. The van der Waals surface area contributed by atoms with Gasteiger partial charge in [-0.25, -0.2) is 0 Å². The standard InChI is InChI=1S/C15H13NO3/c1-11(17)19-16-15(18)14-9-7-13(8-10-14)12-5-3-2-4-6-12/h2-10H,1H3,(H,16,18). The van der Waals surface area contributed by atoms with Crippen LogP contribution in [0.15, 0.2) is 54.6 Å². The van der Waals surface area contributed by atoms with Crippen LogP contribution in [0.2, 0.25) is 0 Å². The van der Waals surface area contributed by atoms with E-state index in [0.717, 1.165) is 11.1 Å². The summed E-state index contributed by atoms with van der Waals surface area (Å²) in [6, 6.07) is 16.9. The summed E-state index contributed by atoms with van der Waals surface area (Å²) >= 11 is 0. The molecule has 0 heterocycles. The van der Waals surface area contributed by atoms with Crippen molar-refractivity contribution >= 4 is 11.9 Å². The molecule has 2 aromatic carbocycles. The van der Waals surface area contributed by atoms with Crippen molar-refractivity contribution in [3.63, 3.8) is 0 Å². The van der Waals surface area contributed by atoms with E-state index in [4.69, 9.17) is 0 Å². The van der Waals surface area contributed by atoms with Gasteiger partial charge in [0.05, 0.1) is 0 Å². The van der Waals surface area contributed by atoms with Crippen molar-refractivity contribution in [1.82, 2.24) is 5.48 Å². The second-order valence-electron chi connectivity index (χ2n) is 3.97. The molecule has 0 aromatic heterocycles. The Bertz CT molecular complexity index is 576. The van der Waals surface area contributed by atoms with Crippen molar-refractivity contribution in [3.05, 3.63) is 60.2 Å². The molecule has 0 unspecified atom stereocenters. The number of carbonyl (C=O) groups is 2. The predicted octanol–water partition coefficient (Wildman–Crippen LogP) is 2.56. The summed E-state index contributed by atoms with van der Waals surface area (Å²) in [6.45, 7) is 1.22. The van der Waals surface area contributed by atoms with Crippen molar-refractivity contribution in [2.75, 3.05) is 0 Å². The quantitative estimate of drug-likeness (QED) is 0.839. The van der Waals surface area contributed by atoms with Crippen molar-refractivity contribution in [2.24, 2.45) is 0 Å². The SMILES string of the molecule is CC(=O)ONC(=O)c1ccc(-c2ccccc2)cc1.